The van der Waals surface area contributed by atoms with Gasteiger partial charge in [-0.2, -0.15) is 4.99 Å². The number of carbonyl (C=O) groups is 1. The number of methoxy groups -OCH3 is 1. The molecule has 1 aromatic rings. The van der Waals surface area contributed by atoms with E-state index in [0.717, 1.165) is 35.6 Å². The second-order valence-electron chi connectivity index (χ2n) is 5.27. The molecule has 1 aliphatic heterocycles. The van der Waals surface area contributed by atoms with E-state index in [1.807, 2.05) is 6.07 Å². The zero-order chi connectivity index (χ0) is 16.1. The molecule has 1 unspecified atom stereocenters. The normalized spacial score (nSPS) is 19.7. The van der Waals surface area contributed by atoms with Gasteiger partial charge in [-0.05, 0) is 24.6 Å². The molecule has 120 valence electrons. The summed E-state index contributed by atoms with van der Waals surface area (Å²) in [6.07, 6.45) is 2.25. The van der Waals surface area contributed by atoms with E-state index in [0.29, 0.717) is 16.6 Å². The molecular weight excluding hydrogens is 364 g/mol. The number of benzene rings is 1. The third-order valence-corrected chi connectivity index (χ3v) is 5.03. The molecule has 0 bridgehead atoms. The minimum atomic E-state index is -0.248. The van der Waals surface area contributed by atoms with E-state index >= 15 is 0 Å². The highest BCUT2D eigenvalue weighted by Gasteiger charge is 2.26. The maximum atomic E-state index is 12.5. The molecule has 0 spiro atoms. The highest BCUT2D eigenvalue weighted by atomic mass is 79.9. The fourth-order valence-corrected chi connectivity index (χ4v) is 3.71. The topological polar surface area (TPSA) is 41.9 Å². The predicted octanol–water partition coefficient (Wildman–Crippen LogP) is 4.19. The second-order valence-corrected chi connectivity index (χ2v) is 7.59. The molecule has 1 atom stereocenters. The molecule has 4 nitrogen and oxygen atoms in total. The lowest BCUT2D eigenvalue weighted by molar-refractivity contribution is 0.0999. The quantitative estimate of drug-likeness (QED) is 0.762. The number of halogens is 1. The number of ether oxygens (including phenoxy) is 1. The van der Waals surface area contributed by atoms with Crippen molar-refractivity contribution in [3.63, 3.8) is 0 Å². The molecule has 0 saturated carbocycles. The molecule has 0 aromatic heterocycles. The van der Waals surface area contributed by atoms with Crippen molar-refractivity contribution in [3.8, 4) is 5.75 Å². The molecule has 1 saturated heterocycles. The number of rotatable bonds is 5. The summed E-state index contributed by atoms with van der Waals surface area (Å²) in [5.41, 5.74) is 0.494. The molecule has 1 aliphatic rings. The van der Waals surface area contributed by atoms with E-state index in [4.69, 9.17) is 4.74 Å². The van der Waals surface area contributed by atoms with Crippen LogP contribution in [0, 0.1) is 0 Å². The van der Waals surface area contributed by atoms with Crippen LogP contribution < -0.4 is 4.74 Å². The Morgan fingerprint density at radius 1 is 1.55 bits per heavy atom. The maximum Gasteiger partial charge on any atom is 0.283 e. The van der Waals surface area contributed by atoms with Crippen molar-refractivity contribution >= 4 is 38.8 Å². The van der Waals surface area contributed by atoms with Crippen LogP contribution in [0.25, 0.3) is 0 Å². The number of thioether (sulfide) groups is 1. The van der Waals surface area contributed by atoms with E-state index in [1.165, 1.54) is 0 Å². The van der Waals surface area contributed by atoms with Crippen molar-refractivity contribution in [2.24, 2.45) is 4.99 Å². The van der Waals surface area contributed by atoms with Gasteiger partial charge in [0, 0.05) is 22.8 Å². The largest absolute Gasteiger partial charge is 0.496 e. The van der Waals surface area contributed by atoms with Gasteiger partial charge in [-0.25, -0.2) is 0 Å². The molecule has 2 rings (SSSR count). The van der Waals surface area contributed by atoms with Gasteiger partial charge in [0.2, 0.25) is 0 Å². The van der Waals surface area contributed by atoms with Crippen LogP contribution in [-0.4, -0.2) is 41.4 Å². The van der Waals surface area contributed by atoms with Gasteiger partial charge in [0.05, 0.1) is 12.7 Å². The number of amides is 1. The lowest BCUT2D eigenvalue weighted by Crippen LogP contribution is -2.27. The van der Waals surface area contributed by atoms with Crippen molar-refractivity contribution in [3.05, 3.63) is 28.2 Å². The van der Waals surface area contributed by atoms with E-state index < -0.39 is 0 Å². The van der Waals surface area contributed by atoms with Gasteiger partial charge < -0.3 is 9.64 Å². The summed E-state index contributed by atoms with van der Waals surface area (Å²) < 4.78 is 6.16. The minimum absolute atomic E-state index is 0.248. The van der Waals surface area contributed by atoms with Crippen LogP contribution in [0.15, 0.2) is 27.7 Å². The third-order valence-electron chi connectivity index (χ3n) is 3.43. The van der Waals surface area contributed by atoms with Crippen molar-refractivity contribution in [2.45, 2.75) is 31.9 Å². The van der Waals surface area contributed by atoms with Gasteiger partial charge in [-0.1, -0.05) is 48.0 Å². The molecule has 1 fully saturated rings. The molecule has 6 heteroatoms. The first kappa shape index (κ1) is 17.3. The predicted molar refractivity (Wildman–Crippen MR) is 96.0 cm³/mol. The van der Waals surface area contributed by atoms with E-state index in [1.54, 1.807) is 31.0 Å². The fourth-order valence-electron chi connectivity index (χ4n) is 2.30. The fraction of sp³-hybridized carbons (Fsp3) is 0.500. The summed E-state index contributed by atoms with van der Waals surface area (Å²) in [6, 6.07) is 5.36. The van der Waals surface area contributed by atoms with Crippen LogP contribution >= 0.6 is 27.7 Å². The first-order chi connectivity index (χ1) is 10.5. The SMILES string of the molecule is CCCCN1CC(C)SC1=NC(=O)c1ccc(Br)cc1OC. The lowest BCUT2D eigenvalue weighted by atomic mass is 10.2. The Balaban J connectivity index is 2.21. The van der Waals surface area contributed by atoms with Gasteiger partial charge in [-0.3, -0.25) is 4.79 Å². The number of amidine groups is 1. The van der Waals surface area contributed by atoms with Crippen LogP contribution in [0.4, 0.5) is 0 Å². The number of hydrogen-bond acceptors (Lipinski definition) is 3. The monoisotopic (exact) mass is 384 g/mol. The summed E-state index contributed by atoms with van der Waals surface area (Å²) in [7, 11) is 1.56. The molecule has 0 aliphatic carbocycles. The lowest BCUT2D eigenvalue weighted by Gasteiger charge is -2.17. The van der Waals surface area contributed by atoms with Gasteiger partial charge in [0.25, 0.3) is 5.91 Å². The molecule has 0 radical (unpaired) electrons. The molecule has 1 heterocycles. The second kappa shape index (κ2) is 8.02. The zero-order valence-electron chi connectivity index (χ0n) is 13.1. The standard InChI is InChI=1S/C16H21BrN2O2S/c1-4-5-8-19-10-11(2)22-16(19)18-15(20)13-7-6-12(17)9-14(13)21-3/h6-7,9,11H,4-5,8,10H2,1-3H3. The summed E-state index contributed by atoms with van der Waals surface area (Å²) in [6.45, 7) is 6.24. The van der Waals surface area contributed by atoms with E-state index in [-0.39, 0.29) is 5.91 Å². The molecule has 22 heavy (non-hydrogen) atoms. The Morgan fingerprint density at radius 3 is 3.00 bits per heavy atom. The summed E-state index contributed by atoms with van der Waals surface area (Å²) >= 11 is 5.05. The first-order valence-electron chi connectivity index (χ1n) is 7.43. The Labute approximate surface area is 144 Å². The van der Waals surface area contributed by atoms with Crippen LogP contribution in [-0.2, 0) is 0 Å². The summed E-state index contributed by atoms with van der Waals surface area (Å²) in [5.74, 6) is 0.294. The maximum absolute atomic E-state index is 12.5. The van der Waals surface area contributed by atoms with Gasteiger partial charge in [0.15, 0.2) is 5.17 Å². The average Bonchev–Trinajstić information content (AvgIpc) is 2.84. The van der Waals surface area contributed by atoms with Crippen molar-refractivity contribution in [2.75, 3.05) is 20.2 Å². The smallest absolute Gasteiger partial charge is 0.283 e. The number of carbonyl (C=O) groups excluding carboxylic acids is 1. The third kappa shape index (κ3) is 4.26. The number of hydrogen-bond donors (Lipinski definition) is 0. The van der Waals surface area contributed by atoms with Crippen molar-refractivity contribution in [1.29, 1.82) is 0 Å². The highest BCUT2D eigenvalue weighted by molar-refractivity contribution is 9.10. The minimum Gasteiger partial charge on any atom is -0.496 e. The van der Waals surface area contributed by atoms with Crippen LogP contribution in [0.5, 0.6) is 5.75 Å². The Morgan fingerprint density at radius 2 is 2.32 bits per heavy atom. The van der Waals surface area contributed by atoms with Crippen LogP contribution in [0.1, 0.15) is 37.0 Å². The van der Waals surface area contributed by atoms with Gasteiger partial charge in [0.1, 0.15) is 5.75 Å². The zero-order valence-corrected chi connectivity index (χ0v) is 15.5. The molecule has 0 N–H and O–H groups in total. The van der Waals surface area contributed by atoms with Gasteiger partial charge >= 0.3 is 0 Å². The van der Waals surface area contributed by atoms with E-state index in [9.17, 15) is 4.79 Å². The van der Waals surface area contributed by atoms with Crippen molar-refractivity contribution in [1.82, 2.24) is 4.90 Å². The van der Waals surface area contributed by atoms with Crippen LogP contribution in [0.2, 0.25) is 0 Å². The Hall–Kier alpha value is -1.01. The molecular formula is C16H21BrN2O2S. The average molecular weight is 385 g/mol. The highest BCUT2D eigenvalue weighted by Crippen LogP contribution is 2.28. The molecule has 1 aromatic carbocycles. The van der Waals surface area contributed by atoms with Crippen LogP contribution in [0.3, 0.4) is 0 Å². The number of aliphatic imine (C=N–C) groups is 1. The van der Waals surface area contributed by atoms with Gasteiger partial charge in [-0.15, -0.1) is 0 Å². The Kier molecular flexibility index (Phi) is 6.32. The Bertz CT molecular complexity index is 577. The van der Waals surface area contributed by atoms with Crippen molar-refractivity contribution < 1.29 is 9.53 Å². The number of nitrogens with zero attached hydrogens (tertiary/aromatic N) is 2. The first-order valence-corrected chi connectivity index (χ1v) is 9.10. The van der Waals surface area contributed by atoms with E-state index in [2.05, 4.69) is 39.7 Å². The summed E-state index contributed by atoms with van der Waals surface area (Å²) in [5, 5.41) is 1.30. The summed E-state index contributed by atoms with van der Waals surface area (Å²) in [4.78, 5) is 19.0. The number of unbranched alkanes of at least 4 members (excludes halogenated alkanes) is 1. The molecule has 1 amide bonds.